The highest BCUT2D eigenvalue weighted by molar-refractivity contribution is 7.92. The Morgan fingerprint density at radius 2 is 1.95 bits per heavy atom. The average Bonchev–Trinajstić information content (AvgIpc) is 3.06. The molecule has 2 rings (SSSR count). The third kappa shape index (κ3) is 5.51. The smallest absolute Gasteiger partial charge is 0.233 e. The number of anilines is 1. The summed E-state index contributed by atoms with van der Waals surface area (Å²) >= 11 is 0. The molecule has 0 spiro atoms. The molecule has 20 heavy (non-hydrogen) atoms. The molecule has 1 aromatic rings. The monoisotopic (exact) mass is 296 g/mol. The lowest BCUT2D eigenvalue weighted by atomic mass is 10.0. The van der Waals surface area contributed by atoms with E-state index in [4.69, 9.17) is 0 Å². The Hall–Kier alpha value is -1.07. The van der Waals surface area contributed by atoms with Crippen LogP contribution in [0.15, 0.2) is 24.3 Å². The number of benzene rings is 1. The van der Waals surface area contributed by atoms with E-state index in [-0.39, 0.29) is 11.2 Å². The molecule has 4 nitrogen and oxygen atoms in total. The molecule has 0 atom stereocenters. The molecule has 0 amide bonds. The quantitative estimate of drug-likeness (QED) is 0.848. The molecule has 2 N–H and O–H groups in total. The minimum atomic E-state index is -3.30. The molecular formula is C15H24N2O2S. The predicted molar refractivity (Wildman–Crippen MR) is 83.2 cm³/mol. The van der Waals surface area contributed by atoms with Crippen LogP contribution in [-0.2, 0) is 16.6 Å². The average molecular weight is 296 g/mol. The van der Waals surface area contributed by atoms with Crippen LogP contribution in [0, 0.1) is 5.41 Å². The number of hydrogen-bond acceptors (Lipinski definition) is 3. The van der Waals surface area contributed by atoms with Crippen LogP contribution in [0.5, 0.6) is 0 Å². The summed E-state index contributed by atoms with van der Waals surface area (Å²) < 4.78 is 26.8. The largest absolute Gasteiger partial charge is 0.310 e. The van der Waals surface area contributed by atoms with E-state index in [0.29, 0.717) is 11.7 Å². The van der Waals surface area contributed by atoms with Gasteiger partial charge < -0.3 is 5.32 Å². The van der Waals surface area contributed by atoms with Gasteiger partial charge in [-0.2, -0.15) is 0 Å². The maximum absolute atomic E-state index is 12.1. The van der Waals surface area contributed by atoms with Gasteiger partial charge in [-0.1, -0.05) is 32.9 Å². The second kappa shape index (κ2) is 5.74. The molecule has 1 fully saturated rings. The van der Waals surface area contributed by atoms with Crippen molar-refractivity contribution in [2.45, 2.75) is 46.2 Å². The summed E-state index contributed by atoms with van der Waals surface area (Å²) in [4.78, 5) is 0. The van der Waals surface area contributed by atoms with E-state index < -0.39 is 10.0 Å². The van der Waals surface area contributed by atoms with Crippen molar-refractivity contribution in [3.8, 4) is 0 Å². The fraction of sp³-hybridized carbons (Fsp3) is 0.600. The maximum Gasteiger partial charge on any atom is 0.233 e. The van der Waals surface area contributed by atoms with Crippen LogP contribution in [0.1, 0.15) is 39.2 Å². The van der Waals surface area contributed by atoms with Gasteiger partial charge in [0.15, 0.2) is 0 Å². The normalized spacial score (nSPS) is 16.1. The number of rotatable bonds is 6. The van der Waals surface area contributed by atoms with Crippen molar-refractivity contribution >= 4 is 15.7 Å². The molecule has 1 aliphatic carbocycles. The van der Waals surface area contributed by atoms with Crippen molar-refractivity contribution in [3.05, 3.63) is 29.8 Å². The first kappa shape index (κ1) is 15.3. The molecule has 0 bridgehead atoms. The van der Waals surface area contributed by atoms with Gasteiger partial charge in [-0.3, -0.25) is 4.72 Å². The fourth-order valence-electron chi connectivity index (χ4n) is 2.08. The highest BCUT2D eigenvalue weighted by atomic mass is 32.2. The van der Waals surface area contributed by atoms with Crippen LogP contribution in [0.2, 0.25) is 0 Å². The van der Waals surface area contributed by atoms with Gasteiger partial charge in [0.2, 0.25) is 10.0 Å². The maximum atomic E-state index is 12.1. The lowest BCUT2D eigenvalue weighted by Gasteiger charge is -2.19. The van der Waals surface area contributed by atoms with Crippen LogP contribution in [0.3, 0.4) is 0 Å². The zero-order valence-corrected chi connectivity index (χ0v) is 13.3. The van der Waals surface area contributed by atoms with Crippen molar-refractivity contribution in [2.24, 2.45) is 5.41 Å². The van der Waals surface area contributed by atoms with E-state index in [2.05, 4.69) is 10.0 Å². The molecule has 0 aliphatic heterocycles. The minimum absolute atomic E-state index is 0.116. The van der Waals surface area contributed by atoms with E-state index >= 15 is 0 Å². The zero-order chi connectivity index (χ0) is 14.8. The van der Waals surface area contributed by atoms with Crippen LogP contribution >= 0.6 is 0 Å². The molecule has 5 heteroatoms. The standard InChI is InChI=1S/C15H24N2O2S/c1-15(2,3)11-20(18,19)17-14-6-4-5-12(9-14)10-16-13-7-8-13/h4-6,9,13,16-17H,7-8,10-11H2,1-3H3. The van der Waals surface area contributed by atoms with Crippen molar-refractivity contribution in [1.82, 2.24) is 5.32 Å². The van der Waals surface area contributed by atoms with Gasteiger partial charge in [-0.05, 0) is 36.0 Å². The van der Waals surface area contributed by atoms with Gasteiger partial charge in [0, 0.05) is 18.3 Å². The van der Waals surface area contributed by atoms with Crippen LogP contribution in [-0.4, -0.2) is 20.2 Å². The summed E-state index contributed by atoms with van der Waals surface area (Å²) in [5.74, 6) is 0.116. The second-order valence-electron chi connectivity index (χ2n) is 6.78. The third-order valence-corrected chi connectivity index (χ3v) is 4.79. The van der Waals surface area contributed by atoms with E-state index in [1.165, 1.54) is 12.8 Å². The van der Waals surface area contributed by atoms with Gasteiger partial charge in [0.05, 0.1) is 5.75 Å². The highest BCUT2D eigenvalue weighted by Crippen LogP contribution is 2.21. The molecule has 0 heterocycles. The number of hydrogen-bond donors (Lipinski definition) is 2. The predicted octanol–water partition coefficient (Wildman–Crippen LogP) is 2.73. The van der Waals surface area contributed by atoms with E-state index in [1.807, 2.05) is 39.0 Å². The number of sulfonamides is 1. The molecule has 0 unspecified atom stereocenters. The van der Waals surface area contributed by atoms with E-state index in [9.17, 15) is 8.42 Å². The molecule has 112 valence electrons. The molecule has 1 aromatic carbocycles. The van der Waals surface area contributed by atoms with Crippen LogP contribution in [0.4, 0.5) is 5.69 Å². The Balaban J connectivity index is 1.99. The van der Waals surface area contributed by atoms with Crippen LogP contribution in [0.25, 0.3) is 0 Å². The van der Waals surface area contributed by atoms with Gasteiger partial charge in [-0.15, -0.1) is 0 Å². The first-order valence-corrected chi connectivity index (χ1v) is 8.72. The topological polar surface area (TPSA) is 58.2 Å². The van der Waals surface area contributed by atoms with Crippen molar-refractivity contribution in [2.75, 3.05) is 10.5 Å². The van der Waals surface area contributed by atoms with Crippen molar-refractivity contribution < 1.29 is 8.42 Å². The van der Waals surface area contributed by atoms with Gasteiger partial charge in [-0.25, -0.2) is 8.42 Å². The summed E-state index contributed by atoms with van der Waals surface area (Å²) in [6.45, 7) is 6.55. The summed E-state index contributed by atoms with van der Waals surface area (Å²) in [5, 5.41) is 3.42. The lowest BCUT2D eigenvalue weighted by molar-refractivity contribution is 0.463. The Kier molecular flexibility index (Phi) is 4.39. The second-order valence-corrected chi connectivity index (χ2v) is 8.50. The SMILES string of the molecule is CC(C)(C)CS(=O)(=O)Nc1cccc(CNC2CC2)c1. The van der Waals surface area contributed by atoms with Crippen molar-refractivity contribution in [3.63, 3.8) is 0 Å². The van der Waals surface area contributed by atoms with Crippen molar-refractivity contribution in [1.29, 1.82) is 0 Å². The van der Waals surface area contributed by atoms with Gasteiger partial charge in [0.25, 0.3) is 0 Å². The Morgan fingerprint density at radius 3 is 2.55 bits per heavy atom. The third-order valence-electron chi connectivity index (χ3n) is 3.00. The first-order valence-electron chi connectivity index (χ1n) is 7.06. The Labute approximate surface area is 122 Å². The highest BCUT2D eigenvalue weighted by Gasteiger charge is 2.22. The minimum Gasteiger partial charge on any atom is -0.310 e. The Bertz CT molecular complexity index is 557. The molecule has 0 radical (unpaired) electrons. The lowest BCUT2D eigenvalue weighted by Crippen LogP contribution is -2.26. The fourth-order valence-corrected chi connectivity index (χ4v) is 3.78. The molecular weight excluding hydrogens is 272 g/mol. The number of nitrogens with one attached hydrogen (secondary N) is 2. The van der Waals surface area contributed by atoms with Crippen LogP contribution < -0.4 is 10.0 Å². The zero-order valence-electron chi connectivity index (χ0n) is 12.4. The summed E-state index contributed by atoms with van der Waals surface area (Å²) in [5.41, 5.74) is 1.49. The molecule has 1 saturated carbocycles. The van der Waals surface area contributed by atoms with Gasteiger partial charge >= 0.3 is 0 Å². The molecule has 0 saturated heterocycles. The van der Waals surface area contributed by atoms with E-state index in [1.54, 1.807) is 6.07 Å². The molecule has 0 aromatic heterocycles. The Morgan fingerprint density at radius 1 is 1.25 bits per heavy atom. The summed E-state index contributed by atoms with van der Waals surface area (Å²) in [6, 6.07) is 8.24. The van der Waals surface area contributed by atoms with E-state index in [0.717, 1.165) is 12.1 Å². The summed E-state index contributed by atoms with van der Waals surface area (Å²) in [6.07, 6.45) is 2.50. The molecule has 1 aliphatic rings. The summed E-state index contributed by atoms with van der Waals surface area (Å²) in [7, 11) is -3.30. The van der Waals surface area contributed by atoms with Gasteiger partial charge in [0.1, 0.15) is 0 Å². The first-order chi connectivity index (χ1) is 9.23.